The Labute approximate surface area is 91.8 Å². The highest BCUT2D eigenvalue weighted by molar-refractivity contribution is 5.76. The maximum absolute atomic E-state index is 11.6. The first-order valence-corrected chi connectivity index (χ1v) is 5.84. The first-order valence-electron chi connectivity index (χ1n) is 5.84. The van der Waals surface area contributed by atoms with E-state index in [1.54, 1.807) is 0 Å². The zero-order valence-electron chi connectivity index (χ0n) is 9.71. The van der Waals surface area contributed by atoms with Crippen LogP contribution in [-0.2, 0) is 9.53 Å². The van der Waals surface area contributed by atoms with Gasteiger partial charge in [0.25, 0.3) is 0 Å². The number of nitrogens with one attached hydrogen (secondary N) is 2. The van der Waals surface area contributed by atoms with Gasteiger partial charge in [-0.3, -0.25) is 4.79 Å². The van der Waals surface area contributed by atoms with E-state index in [1.165, 1.54) is 0 Å². The zero-order chi connectivity index (χ0) is 11.1. The van der Waals surface area contributed by atoms with E-state index >= 15 is 0 Å². The molecule has 1 aliphatic rings. The molecule has 0 aromatic heterocycles. The molecule has 0 bridgehead atoms. The van der Waals surface area contributed by atoms with Crippen molar-refractivity contribution in [2.75, 3.05) is 19.7 Å². The molecular weight excluding hydrogens is 192 g/mol. The molecule has 1 rings (SSSR count). The Morgan fingerprint density at radius 2 is 2.47 bits per heavy atom. The van der Waals surface area contributed by atoms with Crippen molar-refractivity contribution in [1.29, 1.82) is 0 Å². The highest BCUT2D eigenvalue weighted by Crippen LogP contribution is 2.02. The van der Waals surface area contributed by atoms with E-state index < -0.39 is 0 Å². The van der Waals surface area contributed by atoms with Crippen LogP contribution in [0.4, 0.5) is 0 Å². The van der Waals surface area contributed by atoms with Crippen LogP contribution in [0.15, 0.2) is 0 Å². The average molecular weight is 214 g/mol. The number of hydrogen-bond donors (Lipinski definition) is 2. The monoisotopic (exact) mass is 214 g/mol. The summed E-state index contributed by atoms with van der Waals surface area (Å²) >= 11 is 0. The molecule has 0 aliphatic carbocycles. The minimum Gasteiger partial charge on any atom is -0.375 e. The fraction of sp³-hybridized carbons (Fsp3) is 0.909. The third-order valence-electron chi connectivity index (χ3n) is 2.55. The number of amides is 1. The van der Waals surface area contributed by atoms with Gasteiger partial charge in [0.1, 0.15) is 0 Å². The standard InChI is InChI=1S/C11H22N2O2/c1-3-4-9(2)13-11(14)7-10-8-12-5-6-15-10/h9-10,12H,3-8H2,1-2H3,(H,13,14). The Morgan fingerprint density at radius 3 is 3.07 bits per heavy atom. The van der Waals surface area contributed by atoms with E-state index in [-0.39, 0.29) is 18.1 Å². The van der Waals surface area contributed by atoms with Crippen molar-refractivity contribution in [3.8, 4) is 0 Å². The van der Waals surface area contributed by atoms with E-state index in [4.69, 9.17) is 4.74 Å². The minimum absolute atomic E-state index is 0.0487. The quantitative estimate of drug-likeness (QED) is 0.707. The summed E-state index contributed by atoms with van der Waals surface area (Å²) in [5.41, 5.74) is 0. The zero-order valence-corrected chi connectivity index (χ0v) is 9.71. The van der Waals surface area contributed by atoms with Crippen molar-refractivity contribution in [3.05, 3.63) is 0 Å². The predicted octanol–water partition coefficient (Wildman–Crippen LogP) is 0.670. The molecule has 4 nitrogen and oxygen atoms in total. The maximum atomic E-state index is 11.6. The van der Waals surface area contributed by atoms with Gasteiger partial charge in [0.2, 0.25) is 5.91 Å². The molecule has 1 heterocycles. The molecule has 4 heteroatoms. The second-order valence-electron chi connectivity index (χ2n) is 4.16. The second-order valence-corrected chi connectivity index (χ2v) is 4.16. The van der Waals surface area contributed by atoms with Crippen molar-refractivity contribution in [2.24, 2.45) is 0 Å². The maximum Gasteiger partial charge on any atom is 0.222 e. The summed E-state index contributed by atoms with van der Waals surface area (Å²) in [5, 5.41) is 6.20. The van der Waals surface area contributed by atoms with Crippen molar-refractivity contribution in [2.45, 2.75) is 45.3 Å². The van der Waals surface area contributed by atoms with Crippen LogP contribution >= 0.6 is 0 Å². The Bertz CT molecular complexity index is 191. The third-order valence-corrected chi connectivity index (χ3v) is 2.55. The van der Waals surface area contributed by atoms with E-state index in [9.17, 15) is 4.79 Å². The molecule has 1 aliphatic heterocycles. The molecule has 1 fully saturated rings. The van der Waals surface area contributed by atoms with Gasteiger partial charge in [-0.2, -0.15) is 0 Å². The lowest BCUT2D eigenvalue weighted by molar-refractivity contribution is -0.125. The summed E-state index contributed by atoms with van der Waals surface area (Å²) in [6.45, 7) is 6.56. The number of rotatable bonds is 5. The molecule has 0 radical (unpaired) electrons. The molecule has 0 aromatic carbocycles. The molecular formula is C11H22N2O2. The van der Waals surface area contributed by atoms with Crippen LogP contribution in [0.5, 0.6) is 0 Å². The lowest BCUT2D eigenvalue weighted by Gasteiger charge is -2.23. The second kappa shape index (κ2) is 6.80. The fourth-order valence-corrected chi connectivity index (χ4v) is 1.80. The van der Waals surface area contributed by atoms with Gasteiger partial charge in [0.15, 0.2) is 0 Å². The molecule has 15 heavy (non-hydrogen) atoms. The SMILES string of the molecule is CCCC(C)NC(=O)CC1CNCCO1. The van der Waals surface area contributed by atoms with Crippen molar-refractivity contribution >= 4 is 5.91 Å². The average Bonchev–Trinajstić information content (AvgIpc) is 2.19. The third kappa shape index (κ3) is 5.14. The van der Waals surface area contributed by atoms with Crippen molar-refractivity contribution < 1.29 is 9.53 Å². The minimum atomic E-state index is 0.0487. The highest BCUT2D eigenvalue weighted by Gasteiger charge is 2.17. The smallest absolute Gasteiger partial charge is 0.222 e. The summed E-state index contributed by atoms with van der Waals surface area (Å²) in [6, 6.07) is 0.277. The molecule has 0 aromatic rings. The topological polar surface area (TPSA) is 50.4 Å². The largest absolute Gasteiger partial charge is 0.375 e. The van der Waals surface area contributed by atoms with Gasteiger partial charge in [-0.15, -0.1) is 0 Å². The van der Waals surface area contributed by atoms with Gasteiger partial charge in [-0.25, -0.2) is 0 Å². The van der Waals surface area contributed by atoms with Gasteiger partial charge in [-0.05, 0) is 13.3 Å². The molecule has 2 unspecified atom stereocenters. The first kappa shape index (κ1) is 12.5. The normalized spacial score (nSPS) is 23.5. The van der Waals surface area contributed by atoms with Gasteiger partial charge < -0.3 is 15.4 Å². The summed E-state index contributed by atoms with van der Waals surface area (Å²) < 4.78 is 5.47. The van der Waals surface area contributed by atoms with Crippen molar-refractivity contribution in [1.82, 2.24) is 10.6 Å². The number of carbonyl (C=O) groups is 1. The van der Waals surface area contributed by atoms with Crippen LogP contribution in [0.2, 0.25) is 0 Å². The van der Waals surface area contributed by atoms with E-state index in [1.807, 2.05) is 6.92 Å². The van der Waals surface area contributed by atoms with Crippen LogP contribution in [-0.4, -0.2) is 37.7 Å². The lowest BCUT2D eigenvalue weighted by atomic mass is 10.1. The summed E-state index contributed by atoms with van der Waals surface area (Å²) in [6.07, 6.45) is 2.66. The van der Waals surface area contributed by atoms with Crippen LogP contribution in [0.1, 0.15) is 33.1 Å². The van der Waals surface area contributed by atoms with E-state index in [2.05, 4.69) is 17.6 Å². The van der Waals surface area contributed by atoms with Crippen LogP contribution in [0.3, 0.4) is 0 Å². The van der Waals surface area contributed by atoms with Crippen LogP contribution in [0.25, 0.3) is 0 Å². The van der Waals surface area contributed by atoms with E-state index in [0.717, 1.165) is 25.9 Å². The predicted molar refractivity (Wildman–Crippen MR) is 59.7 cm³/mol. The summed E-state index contributed by atoms with van der Waals surface area (Å²) in [4.78, 5) is 11.6. The fourth-order valence-electron chi connectivity index (χ4n) is 1.80. The summed E-state index contributed by atoms with van der Waals surface area (Å²) in [7, 11) is 0. The van der Waals surface area contributed by atoms with Gasteiger partial charge in [0.05, 0.1) is 19.1 Å². The number of hydrogen-bond acceptors (Lipinski definition) is 3. The molecule has 88 valence electrons. The molecule has 1 amide bonds. The lowest BCUT2D eigenvalue weighted by Crippen LogP contribution is -2.42. The molecule has 2 N–H and O–H groups in total. The Kier molecular flexibility index (Phi) is 5.65. The number of carbonyl (C=O) groups excluding carboxylic acids is 1. The molecule has 0 spiro atoms. The number of morpholine rings is 1. The van der Waals surface area contributed by atoms with Gasteiger partial charge in [-0.1, -0.05) is 13.3 Å². The molecule has 0 saturated carbocycles. The van der Waals surface area contributed by atoms with Gasteiger partial charge >= 0.3 is 0 Å². The van der Waals surface area contributed by atoms with Gasteiger partial charge in [0, 0.05) is 19.1 Å². The number of ether oxygens (including phenoxy) is 1. The summed E-state index contributed by atoms with van der Waals surface area (Å²) in [5.74, 6) is 0.102. The van der Waals surface area contributed by atoms with E-state index in [0.29, 0.717) is 13.0 Å². The van der Waals surface area contributed by atoms with Crippen LogP contribution in [0, 0.1) is 0 Å². The molecule has 1 saturated heterocycles. The first-order chi connectivity index (χ1) is 7.22. The van der Waals surface area contributed by atoms with Crippen molar-refractivity contribution in [3.63, 3.8) is 0 Å². The Hall–Kier alpha value is -0.610. The Balaban J connectivity index is 2.16. The molecule has 2 atom stereocenters. The highest BCUT2D eigenvalue weighted by atomic mass is 16.5. The van der Waals surface area contributed by atoms with Crippen LogP contribution < -0.4 is 10.6 Å². The Morgan fingerprint density at radius 1 is 1.67 bits per heavy atom.